The first-order chi connectivity index (χ1) is 33.1. The number of primary amides is 1. The van der Waals surface area contributed by atoms with Gasteiger partial charge in [0.15, 0.2) is 0 Å². The molecule has 5 aromatic rings. The first-order valence-electron chi connectivity index (χ1n) is 23.8. The normalized spacial score (nSPS) is 18.8. The summed E-state index contributed by atoms with van der Waals surface area (Å²) in [6.45, 7) is 10.1. The Morgan fingerprint density at radius 1 is 0.765 bits per heavy atom. The average molecular weight is 930 g/mol. The summed E-state index contributed by atoms with van der Waals surface area (Å²) in [6, 6.07) is 9.77. The highest BCUT2D eigenvalue weighted by Crippen LogP contribution is 2.30. The number of carbonyl (C=O) groups excluding carboxylic acids is 1. The number of hydrogen-bond donors (Lipinski definition) is 7. The lowest BCUT2D eigenvalue weighted by atomic mass is 9.94. The maximum atomic E-state index is 12.6. The SMILES string of the molecule is CC.N#CCC1CCN(c2nc(Nc3ccc(N4CCCC(O)C4)nc3)c3c(=O)[nH]ncc3n2)CC1.N=Cc1nc(N2CCCCCC2)nc(Nc2ccc(N3CCCC(O)C3)nc2)c1C(N)=O. The highest BCUT2D eigenvalue weighted by Gasteiger charge is 2.25. The largest absolute Gasteiger partial charge is 0.391 e. The third-order valence-electron chi connectivity index (χ3n) is 12.4. The second kappa shape index (κ2) is 23.6. The standard InChI is InChI=1S/C23H27N9O2.C22H30N8O2.C2H6/c24-8-5-15-6-10-31(11-7-15)23-28-18-13-26-30-22(34)20(18)21(29-23)27-16-3-4-19(25-12-16)32-9-1-2-17(33)14-32;23-12-17-19(20(24)32)21(28-22(27-17)29-9-3-1-2-4-10-29)26-15-7-8-18(25-13-15)30-11-5-6-16(31)14-30;1-2/h3-4,12-13,15,17,33H,1-2,5-7,9-11,14H2,(H,30,34)(H,27,28,29);7-8,12-13,16,23,31H,1-6,9-11,14H2,(H2,24,32)(H,26,27,28);1-2H3. The molecule has 68 heavy (non-hydrogen) atoms. The Morgan fingerprint density at radius 2 is 1.31 bits per heavy atom. The van der Waals surface area contributed by atoms with Crippen LogP contribution in [0, 0.1) is 22.7 Å². The molecule has 21 heteroatoms. The molecule has 4 aliphatic heterocycles. The predicted octanol–water partition coefficient (Wildman–Crippen LogP) is 5.02. The molecular weight excluding hydrogens is 867 g/mol. The van der Waals surface area contributed by atoms with E-state index in [4.69, 9.17) is 21.4 Å². The van der Waals surface area contributed by atoms with E-state index in [0.717, 1.165) is 108 Å². The van der Waals surface area contributed by atoms with Gasteiger partial charge in [0.1, 0.15) is 45.4 Å². The van der Waals surface area contributed by atoms with E-state index in [1.165, 1.54) is 19.0 Å². The van der Waals surface area contributed by atoms with Gasteiger partial charge < -0.3 is 51.6 Å². The number of piperidine rings is 3. The van der Waals surface area contributed by atoms with Crippen LogP contribution < -0.4 is 41.5 Å². The lowest BCUT2D eigenvalue weighted by Crippen LogP contribution is -2.38. The number of hydrogen-bond acceptors (Lipinski definition) is 19. The number of carbonyl (C=O) groups is 1. The fourth-order valence-corrected chi connectivity index (χ4v) is 8.90. The number of pyridine rings is 2. The van der Waals surface area contributed by atoms with Gasteiger partial charge in [-0.3, -0.25) is 9.59 Å². The highest BCUT2D eigenvalue weighted by atomic mass is 16.3. The minimum Gasteiger partial charge on any atom is -0.391 e. The smallest absolute Gasteiger partial charge is 0.277 e. The quantitative estimate of drug-likeness (QED) is 0.0856. The van der Waals surface area contributed by atoms with E-state index in [-0.39, 0.29) is 34.8 Å². The number of H-pyrrole nitrogens is 1. The molecule has 1 amide bonds. The molecule has 21 nitrogen and oxygen atoms in total. The zero-order chi connectivity index (χ0) is 48.0. The number of anilines is 8. The number of aliphatic hydroxyl groups excluding tert-OH is 2. The topological polar surface area (TPSA) is 291 Å². The van der Waals surface area contributed by atoms with E-state index in [1.54, 1.807) is 12.4 Å². The third kappa shape index (κ3) is 12.3. The molecule has 0 saturated carbocycles. The van der Waals surface area contributed by atoms with Crippen LogP contribution in [0.3, 0.4) is 0 Å². The van der Waals surface area contributed by atoms with Crippen LogP contribution in [0.25, 0.3) is 10.9 Å². The number of rotatable bonds is 11. The van der Waals surface area contributed by atoms with Gasteiger partial charge in [-0.25, -0.2) is 25.0 Å². The van der Waals surface area contributed by atoms with Crippen LogP contribution >= 0.6 is 0 Å². The Balaban J connectivity index is 0.000000195. The number of nitrogens with zero attached hydrogens (tertiary/aromatic N) is 12. The van der Waals surface area contributed by atoms with Crippen molar-refractivity contribution in [2.75, 3.05) is 82.6 Å². The van der Waals surface area contributed by atoms with E-state index in [2.05, 4.69) is 71.4 Å². The Bertz CT molecular complexity index is 2550. The summed E-state index contributed by atoms with van der Waals surface area (Å²) < 4.78 is 0. The molecule has 4 saturated heterocycles. The van der Waals surface area contributed by atoms with Gasteiger partial charge >= 0.3 is 0 Å². The second-order valence-corrected chi connectivity index (χ2v) is 17.2. The summed E-state index contributed by atoms with van der Waals surface area (Å²) in [7, 11) is 0. The van der Waals surface area contributed by atoms with Gasteiger partial charge in [0.2, 0.25) is 11.9 Å². The van der Waals surface area contributed by atoms with Crippen LogP contribution in [0.4, 0.5) is 46.5 Å². The third-order valence-corrected chi connectivity index (χ3v) is 12.4. The van der Waals surface area contributed by atoms with Crippen LogP contribution in [0.15, 0.2) is 47.7 Å². The lowest BCUT2D eigenvalue weighted by Gasteiger charge is -2.31. The maximum Gasteiger partial charge on any atom is 0.277 e. The zero-order valence-corrected chi connectivity index (χ0v) is 38.9. The van der Waals surface area contributed by atoms with E-state index in [9.17, 15) is 19.8 Å². The number of fused-ring (bicyclic) bond motifs is 1. The number of nitriles is 1. The molecule has 360 valence electrons. The molecule has 0 bridgehead atoms. The Morgan fingerprint density at radius 3 is 1.84 bits per heavy atom. The van der Waals surface area contributed by atoms with Crippen LogP contribution in [-0.4, -0.2) is 127 Å². The first kappa shape index (κ1) is 48.9. The Kier molecular flexibility index (Phi) is 17.0. The van der Waals surface area contributed by atoms with Gasteiger partial charge in [-0.05, 0) is 81.5 Å². The van der Waals surface area contributed by atoms with Gasteiger partial charge in [-0.1, -0.05) is 26.7 Å². The first-order valence-corrected chi connectivity index (χ1v) is 23.8. The molecule has 2 unspecified atom stereocenters. The monoisotopic (exact) mass is 930 g/mol. The molecule has 0 spiro atoms. The van der Waals surface area contributed by atoms with Crippen LogP contribution in [0.1, 0.15) is 101 Å². The molecule has 4 aliphatic rings. The van der Waals surface area contributed by atoms with Crippen LogP contribution in [0.5, 0.6) is 0 Å². The highest BCUT2D eigenvalue weighted by molar-refractivity contribution is 6.04. The summed E-state index contributed by atoms with van der Waals surface area (Å²) in [5.74, 6) is 2.99. The van der Waals surface area contributed by atoms with Crippen molar-refractivity contribution in [1.29, 1.82) is 10.7 Å². The van der Waals surface area contributed by atoms with E-state index < -0.39 is 5.91 Å². The number of β-amino-alcohol motifs (C(OH)–C–C–N with tert-alkyl or cyclic N) is 2. The van der Waals surface area contributed by atoms with Crippen molar-refractivity contribution in [3.63, 3.8) is 0 Å². The molecule has 4 fully saturated rings. The van der Waals surface area contributed by atoms with Crippen molar-refractivity contribution in [1.82, 2.24) is 40.1 Å². The van der Waals surface area contributed by atoms with E-state index >= 15 is 0 Å². The van der Waals surface area contributed by atoms with Crippen LogP contribution in [0.2, 0.25) is 0 Å². The fraction of sp³-hybridized carbons (Fsp3) is 0.511. The van der Waals surface area contributed by atoms with Gasteiger partial charge in [0.25, 0.3) is 11.5 Å². The summed E-state index contributed by atoms with van der Waals surface area (Å²) in [4.78, 5) is 60.4. The van der Waals surface area contributed by atoms with Gasteiger partial charge in [-0.15, -0.1) is 0 Å². The van der Waals surface area contributed by atoms with Gasteiger partial charge in [-0.2, -0.15) is 20.3 Å². The minimum atomic E-state index is -0.694. The number of nitrogens with one attached hydrogen (secondary N) is 4. The summed E-state index contributed by atoms with van der Waals surface area (Å²) in [6.07, 6.45) is 15.6. The number of aromatic amines is 1. The second-order valence-electron chi connectivity index (χ2n) is 17.2. The van der Waals surface area contributed by atoms with E-state index in [1.807, 2.05) is 38.1 Å². The molecular formula is C47H63N17O4. The average Bonchev–Trinajstić information content (AvgIpc) is 3.65. The van der Waals surface area contributed by atoms with Crippen molar-refractivity contribution in [2.24, 2.45) is 11.7 Å². The van der Waals surface area contributed by atoms with Crippen molar-refractivity contribution in [3.05, 3.63) is 64.5 Å². The van der Waals surface area contributed by atoms with Crippen molar-refractivity contribution < 1.29 is 15.0 Å². The molecule has 9 rings (SSSR count). The number of nitrogens with two attached hydrogens (primary N) is 1. The molecule has 2 atom stereocenters. The molecule has 5 aromatic heterocycles. The number of aliphatic hydroxyl groups is 2. The summed E-state index contributed by atoms with van der Waals surface area (Å²) in [5.41, 5.74) is 7.32. The molecule has 0 radical (unpaired) electrons. The van der Waals surface area contributed by atoms with Gasteiger partial charge in [0.05, 0.1) is 48.2 Å². The molecule has 0 aromatic carbocycles. The number of amides is 1. The molecule has 0 aliphatic carbocycles. The van der Waals surface area contributed by atoms with Crippen molar-refractivity contribution in [2.45, 2.75) is 96.7 Å². The summed E-state index contributed by atoms with van der Waals surface area (Å²) >= 11 is 0. The molecule has 9 heterocycles. The van der Waals surface area contributed by atoms with Crippen molar-refractivity contribution >= 4 is 69.6 Å². The lowest BCUT2D eigenvalue weighted by molar-refractivity contribution is 0.1000. The van der Waals surface area contributed by atoms with Gasteiger partial charge in [0, 0.05) is 65.0 Å². The number of aromatic nitrogens is 8. The summed E-state index contributed by atoms with van der Waals surface area (Å²) in [5, 5.41) is 49.7. The Hall–Kier alpha value is -7.05. The minimum absolute atomic E-state index is 0.0850. The Labute approximate surface area is 395 Å². The van der Waals surface area contributed by atoms with E-state index in [0.29, 0.717) is 65.4 Å². The van der Waals surface area contributed by atoms with Crippen molar-refractivity contribution in [3.8, 4) is 6.07 Å². The maximum absolute atomic E-state index is 12.6. The zero-order valence-electron chi connectivity index (χ0n) is 38.9. The molecule has 8 N–H and O–H groups in total. The van der Waals surface area contributed by atoms with Crippen LogP contribution in [-0.2, 0) is 0 Å². The predicted molar refractivity (Wildman–Crippen MR) is 264 cm³/mol. The fourth-order valence-electron chi connectivity index (χ4n) is 8.90.